The number of hydrogen-bond acceptors (Lipinski definition) is 7. The highest BCUT2D eigenvalue weighted by Gasteiger charge is 2.27. The van der Waals surface area contributed by atoms with E-state index in [1.807, 2.05) is 37.1 Å². The second-order valence-electron chi connectivity index (χ2n) is 7.28. The smallest absolute Gasteiger partial charge is 0.227 e. The van der Waals surface area contributed by atoms with Gasteiger partial charge in [0, 0.05) is 58.2 Å². The summed E-state index contributed by atoms with van der Waals surface area (Å²) in [5.74, 6) is 4.03. The van der Waals surface area contributed by atoms with Crippen molar-refractivity contribution < 1.29 is 0 Å². The van der Waals surface area contributed by atoms with Crippen LogP contribution in [0.1, 0.15) is 37.3 Å². The number of nitrogens with zero attached hydrogens (tertiary/aromatic N) is 9. The van der Waals surface area contributed by atoms with Crippen molar-refractivity contribution >= 4 is 11.8 Å². The normalized spacial score (nSPS) is 17.1. The first-order chi connectivity index (χ1) is 13.7. The van der Waals surface area contributed by atoms with Gasteiger partial charge in [0.2, 0.25) is 5.95 Å². The first kappa shape index (κ1) is 18.4. The van der Waals surface area contributed by atoms with Crippen molar-refractivity contribution in [3.8, 4) is 0 Å². The Morgan fingerprint density at radius 2 is 2.14 bits per heavy atom. The molecule has 0 amide bonds. The maximum absolute atomic E-state index is 4.76. The minimum atomic E-state index is 0.318. The van der Waals surface area contributed by atoms with E-state index in [4.69, 9.17) is 4.98 Å². The topological polar surface area (TPSA) is 80.8 Å². The minimum absolute atomic E-state index is 0.318. The molecule has 148 valence electrons. The lowest BCUT2D eigenvalue weighted by Crippen LogP contribution is -2.36. The van der Waals surface area contributed by atoms with E-state index < -0.39 is 0 Å². The van der Waals surface area contributed by atoms with Gasteiger partial charge in [-0.05, 0) is 25.8 Å². The summed E-state index contributed by atoms with van der Waals surface area (Å²) >= 11 is 0. The minimum Gasteiger partial charge on any atom is -0.360 e. The maximum atomic E-state index is 4.76. The van der Waals surface area contributed by atoms with Gasteiger partial charge in [-0.25, -0.2) is 9.97 Å². The zero-order chi connectivity index (χ0) is 19.5. The molecule has 1 aliphatic rings. The van der Waals surface area contributed by atoms with Gasteiger partial charge >= 0.3 is 0 Å². The Balaban J connectivity index is 1.51. The molecule has 4 rings (SSSR count). The molecule has 0 aliphatic carbocycles. The summed E-state index contributed by atoms with van der Waals surface area (Å²) < 4.78 is 4.13. The van der Waals surface area contributed by atoms with Gasteiger partial charge in [-0.2, -0.15) is 4.98 Å². The highest BCUT2D eigenvalue weighted by Crippen LogP contribution is 2.28. The molecule has 1 atom stereocenters. The van der Waals surface area contributed by atoms with Crippen LogP contribution in [0, 0.1) is 0 Å². The van der Waals surface area contributed by atoms with Crippen LogP contribution < -0.4 is 9.80 Å². The fourth-order valence-electron chi connectivity index (χ4n) is 3.65. The number of piperidine rings is 1. The summed E-state index contributed by atoms with van der Waals surface area (Å²) in [6.45, 7) is 5.53. The summed E-state index contributed by atoms with van der Waals surface area (Å²) in [5.41, 5.74) is 0. The molecule has 3 aromatic heterocycles. The van der Waals surface area contributed by atoms with Gasteiger partial charge < -0.3 is 18.9 Å². The fourth-order valence-corrected chi connectivity index (χ4v) is 3.65. The van der Waals surface area contributed by atoms with Gasteiger partial charge in [0.1, 0.15) is 11.6 Å². The van der Waals surface area contributed by atoms with E-state index in [2.05, 4.69) is 41.5 Å². The highest BCUT2D eigenvalue weighted by molar-refractivity contribution is 5.43. The lowest BCUT2D eigenvalue weighted by molar-refractivity contribution is 0.473. The van der Waals surface area contributed by atoms with Crippen molar-refractivity contribution in [2.24, 2.45) is 7.05 Å². The van der Waals surface area contributed by atoms with Gasteiger partial charge in [-0.15, -0.1) is 10.2 Å². The first-order valence-electron chi connectivity index (χ1n) is 9.78. The highest BCUT2D eigenvalue weighted by atomic mass is 15.3. The Bertz CT molecular complexity index is 902. The molecule has 0 bridgehead atoms. The van der Waals surface area contributed by atoms with Crippen LogP contribution in [0.15, 0.2) is 31.0 Å². The molecule has 0 aromatic carbocycles. The quantitative estimate of drug-likeness (QED) is 0.643. The number of imidazole rings is 1. The standard InChI is InChI=1S/C19H27N9/c1-4-25(2)16-7-8-21-19(22-16)28-10-5-6-15(12-28)18-24-23-17(26(18)3)13-27-11-9-20-14-27/h7-9,11,14-15H,4-6,10,12-13H2,1-3H3/t15-/m0/s1. The molecular weight excluding hydrogens is 354 g/mol. The van der Waals surface area contributed by atoms with Crippen LogP contribution in [0.3, 0.4) is 0 Å². The average Bonchev–Trinajstić information content (AvgIpc) is 3.38. The third-order valence-corrected chi connectivity index (χ3v) is 5.44. The Morgan fingerprint density at radius 1 is 1.25 bits per heavy atom. The van der Waals surface area contributed by atoms with Gasteiger partial charge in [0.15, 0.2) is 5.82 Å². The van der Waals surface area contributed by atoms with Crippen LogP contribution in [0.4, 0.5) is 11.8 Å². The zero-order valence-corrected chi connectivity index (χ0v) is 16.7. The summed E-state index contributed by atoms with van der Waals surface area (Å²) in [6, 6.07) is 1.96. The van der Waals surface area contributed by atoms with Crippen molar-refractivity contribution in [2.75, 3.05) is 36.5 Å². The van der Waals surface area contributed by atoms with Crippen molar-refractivity contribution in [1.29, 1.82) is 0 Å². The third kappa shape index (κ3) is 3.69. The molecule has 0 saturated carbocycles. The van der Waals surface area contributed by atoms with Crippen LogP contribution in [0.25, 0.3) is 0 Å². The van der Waals surface area contributed by atoms with E-state index in [1.54, 1.807) is 12.5 Å². The van der Waals surface area contributed by atoms with E-state index in [-0.39, 0.29) is 0 Å². The third-order valence-electron chi connectivity index (χ3n) is 5.44. The first-order valence-corrected chi connectivity index (χ1v) is 9.78. The Hall–Kier alpha value is -2.97. The predicted molar refractivity (Wildman–Crippen MR) is 107 cm³/mol. The van der Waals surface area contributed by atoms with E-state index in [0.717, 1.165) is 55.9 Å². The van der Waals surface area contributed by atoms with Crippen LogP contribution in [-0.2, 0) is 13.6 Å². The Kier molecular flexibility index (Phi) is 5.23. The fraction of sp³-hybridized carbons (Fsp3) is 0.526. The lowest BCUT2D eigenvalue weighted by Gasteiger charge is -2.32. The van der Waals surface area contributed by atoms with E-state index in [9.17, 15) is 0 Å². The molecule has 9 nitrogen and oxygen atoms in total. The number of rotatable bonds is 6. The Morgan fingerprint density at radius 3 is 2.93 bits per heavy atom. The van der Waals surface area contributed by atoms with Crippen LogP contribution in [0.2, 0.25) is 0 Å². The molecule has 0 unspecified atom stereocenters. The summed E-state index contributed by atoms with van der Waals surface area (Å²) in [5, 5.41) is 8.93. The van der Waals surface area contributed by atoms with Crippen molar-refractivity contribution in [1.82, 2.24) is 34.3 Å². The molecule has 0 spiro atoms. The van der Waals surface area contributed by atoms with Crippen LogP contribution in [0.5, 0.6) is 0 Å². The zero-order valence-electron chi connectivity index (χ0n) is 16.7. The average molecular weight is 381 g/mol. The largest absolute Gasteiger partial charge is 0.360 e. The molecule has 9 heteroatoms. The maximum Gasteiger partial charge on any atom is 0.227 e. The Labute approximate surface area is 165 Å². The summed E-state index contributed by atoms with van der Waals surface area (Å²) in [4.78, 5) is 17.8. The van der Waals surface area contributed by atoms with Crippen LogP contribution in [-0.4, -0.2) is 61.0 Å². The second-order valence-corrected chi connectivity index (χ2v) is 7.28. The van der Waals surface area contributed by atoms with E-state index in [0.29, 0.717) is 12.5 Å². The number of aromatic nitrogens is 7. The molecule has 1 aliphatic heterocycles. The molecule has 3 aromatic rings. The second kappa shape index (κ2) is 7.95. The number of hydrogen-bond donors (Lipinski definition) is 0. The van der Waals surface area contributed by atoms with Crippen molar-refractivity contribution in [2.45, 2.75) is 32.2 Å². The molecule has 0 radical (unpaired) electrons. The lowest BCUT2D eigenvalue weighted by atomic mass is 9.97. The van der Waals surface area contributed by atoms with Gasteiger partial charge in [-0.1, -0.05) is 0 Å². The molecular formula is C19H27N9. The van der Waals surface area contributed by atoms with E-state index in [1.165, 1.54) is 0 Å². The van der Waals surface area contributed by atoms with Gasteiger partial charge in [0.05, 0.1) is 12.9 Å². The molecule has 1 saturated heterocycles. The molecule has 4 heterocycles. The SMILES string of the molecule is CCN(C)c1ccnc(N2CCC[C@H](c3nnc(Cn4ccnc4)n3C)C2)n1. The molecule has 1 fully saturated rings. The predicted octanol–water partition coefficient (Wildman–Crippen LogP) is 1.69. The molecule has 28 heavy (non-hydrogen) atoms. The number of anilines is 2. The monoisotopic (exact) mass is 381 g/mol. The van der Waals surface area contributed by atoms with E-state index >= 15 is 0 Å². The van der Waals surface area contributed by atoms with Crippen molar-refractivity contribution in [3.05, 3.63) is 42.6 Å². The van der Waals surface area contributed by atoms with Crippen molar-refractivity contribution in [3.63, 3.8) is 0 Å². The summed E-state index contributed by atoms with van der Waals surface area (Å²) in [6.07, 6.45) is 9.55. The van der Waals surface area contributed by atoms with Crippen LogP contribution >= 0.6 is 0 Å². The van der Waals surface area contributed by atoms with Gasteiger partial charge in [0.25, 0.3) is 0 Å². The molecule has 0 N–H and O–H groups in total. The van der Waals surface area contributed by atoms with Gasteiger partial charge in [-0.3, -0.25) is 0 Å². The summed E-state index contributed by atoms with van der Waals surface area (Å²) in [7, 11) is 4.10.